The number of benzene rings is 1. The summed E-state index contributed by atoms with van der Waals surface area (Å²) in [6.07, 6.45) is 0. The lowest BCUT2D eigenvalue weighted by molar-refractivity contribution is 0.377. The molecule has 0 saturated carbocycles. The highest BCUT2D eigenvalue weighted by Crippen LogP contribution is 2.41. The summed E-state index contributed by atoms with van der Waals surface area (Å²) in [6, 6.07) is 3.89. The first-order valence-electron chi connectivity index (χ1n) is 6.54. The number of nitrogens with two attached hydrogens (primary N) is 1. The summed E-state index contributed by atoms with van der Waals surface area (Å²) in [5.41, 5.74) is 6.16. The maximum Gasteiger partial charge on any atom is 0.240 e. The topological polar surface area (TPSA) is 83.4 Å². The number of thioether (sulfide) groups is 1. The molecule has 0 unspecified atom stereocenters. The molecule has 0 radical (unpaired) electrons. The summed E-state index contributed by atoms with van der Waals surface area (Å²) < 4.78 is 16.0. The van der Waals surface area contributed by atoms with E-state index in [1.54, 1.807) is 26.0 Å². The molecule has 0 aliphatic heterocycles. The van der Waals surface area contributed by atoms with Gasteiger partial charge in [-0.2, -0.15) is 4.98 Å². The second-order valence-corrected chi connectivity index (χ2v) is 6.24. The van der Waals surface area contributed by atoms with Gasteiger partial charge in [0.25, 0.3) is 0 Å². The van der Waals surface area contributed by atoms with E-state index in [4.69, 9.17) is 19.7 Å². The largest absolute Gasteiger partial charge is 0.496 e. The van der Waals surface area contributed by atoms with E-state index in [-0.39, 0.29) is 6.54 Å². The van der Waals surface area contributed by atoms with Gasteiger partial charge in [0.05, 0.1) is 20.8 Å². The fourth-order valence-corrected chi connectivity index (χ4v) is 2.78. The highest BCUT2D eigenvalue weighted by Gasteiger charge is 2.20. The first-order valence-corrected chi connectivity index (χ1v) is 7.42. The minimum atomic E-state index is 0.193. The first-order chi connectivity index (χ1) is 10.1. The molecule has 1 heterocycles. The molecule has 0 aliphatic rings. The maximum absolute atomic E-state index is 5.50. The average molecular weight is 309 g/mol. The summed E-state index contributed by atoms with van der Waals surface area (Å²) in [6.45, 7) is 4.45. The van der Waals surface area contributed by atoms with Crippen molar-refractivity contribution in [2.75, 3.05) is 14.2 Å². The minimum Gasteiger partial charge on any atom is -0.496 e. The summed E-state index contributed by atoms with van der Waals surface area (Å²) in [7, 11) is 3.21. The Kier molecular flexibility index (Phi) is 5.08. The molecule has 0 atom stereocenters. The number of aromatic nitrogens is 2. The number of hydrogen-bond donors (Lipinski definition) is 1. The highest BCUT2D eigenvalue weighted by molar-refractivity contribution is 7.99. The number of rotatable bonds is 6. The van der Waals surface area contributed by atoms with Gasteiger partial charge in [-0.15, -0.1) is 11.8 Å². The van der Waals surface area contributed by atoms with Gasteiger partial charge in [-0.05, 0) is 12.1 Å². The van der Waals surface area contributed by atoms with E-state index in [1.165, 1.54) is 0 Å². The summed E-state index contributed by atoms with van der Waals surface area (Å²) in [5, 5.41) is 4.39. The highest BCUT2D eigenvalue weighted by atomic mass is 32.2. The van der Waals surface area contributed by atoms with Crippen LogP contribution in [0.3, 0.4) is 0 Å². The molecular formula is C14H19N3O3S. The Morgan fingerprint density at radius 1 is 1.24 bits per heavy atom. The average Bonchev–Trinajstić information content (AvgIpc) is 2.94. The van der Waals surface area contributed by atoms with Crippen LogP contribution in [0.15, 0.2) is 21.6 Å². The monoisotopic (exact) mass is 309 g/mol. The quantitative estimate of drug-likeness (QED) is 0.821. The van der Waals surface area contributed by atoms with E-state index in [2.05, 4.69) is 24.0 Å². The van der Waals surface area contributed by atoms with Gasteiger partial charge in [0.2, 0.25) is 11.7 Å². The predicted octanol–water partition coefficient (Wildman–Crippen LogP) is 2.71. The normalized spacial score (nSPS) is 11.0. The fraction of sp³-hybridized carbons (Fsp3) is 0.429. The SMILES string of the molecule is COc1cc(SC(C)C)cc(OC)c1-c1noc(CN)n1. The van der Waals surface area contributed by atoms with Crippen LogP contribution in [0.4, 0.5) is 0 Å². The van der Waals surface area contributed by atoms with Crippen molar-refractivity contribution < 1.29 is 14.0 Å². The van der Waals surface area contributed by atoms with Gasteiger partial charge in [-0.1, -0.05) is 19.0 Å². The van der Waals surface area contributed by atoms with Crippen LogP contribution in [0, 0.1) is 0 Å². The van der Waals surface area contributed by atoms with Gasteiger partial charge in [-0.3, -0.25) is 0 Å². The van der Waals surface area contributed by atoms with Gasteiger partial charge in [0.1, 0.15) is 17.1 Å². The van der Waals surface area contributed by atoms with Crippen LogP contribution < -0.4 is 15.2 Å². The van der Waals surface area contributed by atoms with E-state index in [9.17, 15) is 0 Å². The van der Waals surface area contributed by atoms with Crippen LogP contribution in [-0.2, 0) is 6.54 Å². The number of hydrogen-bond acceptors (Lipinski definition) is 7. The standard InChI is InChI=1S/C14H19N3O3S/c1-8(2)21-9-5-10(18-3)13(11(6-9)19-4)14-16-12(7-15)20-17-14/h5-6,8H,7,15H2,1-4H3. The molecule has 0 bridgehead atoms. The Bertz CT molecular complexity index is 588. The molecule has 0 amide bonds. The molecule has 0 saturated heterocycles. The Morgan fingerprint density at radius 2 is 1.86 bits per heavy atom. The number of methoxy groups -OCH3 is 2. The number of nitrogens with zero attached hydrogens (tertiary/aromatic N) is 2. The predicted molar refractivity (Wildman–Crippen MR) is 81.7 cm³/mol. The second kappa shape index (κ2) is 6.82. The zero-order valence-electron chi connectivity index (χ0n) is 12.5. The van der Waals surface area contributed by atoms with Crippen molar-refractivity contribution >= 4 is 11.8 Å². The Balaban J connectivity index is 2.52. The lowest BCUT2D eigenvalue weighted by atomic mass is 10.1. The van der Waals surface area contributed by atoms with Crippen LogP contribution in [0.2, 0.25) is 0 Å². The lowest BCUT2D eigenvalue weighted by Crippen LogP contribution is -1.98. The molecule has 114 valence electrons. The molecule has 7 heteroatoms. The van der Waals surface area contributed by atoms with Crippen molar-refractivity contribution in [3.8, 4) is 22.9 Å². The first kappa shape index (κ1) is 15.7. The molecule has 2 aromatic rings. The third-order valence-corrected chi connectivity index (χ3v) is 3.70. The molecule has 1 aromatic heterocycles. The van der Waals surface area contributed by atoms with Crippen LogP contribution in [0.25, 0.3) is 11.4 Å². The van der Waals surface area contributed by atoms with Crippen molar-refractivity contribution in [1.29, 1.82) is 0 Å². The van der Waals surface area contributed by atoms with Crippen LogP contribution in [0.5, 0.6) is 11.5 Å². The zero-order valence-corrected chi connectivity index (χ0v) is 13.4. The lowest BCUT2D eigenvalue weighted by Gasteiger charge is -2.14. The molecule has 2 N–H and O–H groups in total. The summed E-state index contributed by atoms with van der Waals surface area (Å²) in [4.78, 5) is 5.30. The van der Waals surface area contributed by atoms with E-state index in [0.717, 1.165) is 4.90 Å². The van der Waals surface area contributed by atoms with Gasteiger partial charge in [-0.25, -0.2) is 0 Å². The van der Waals surface area contributed by atoms with E-state index in [0.29, 0.717) is 34.0 Å². The molecule has 0 spiro atoms. The molecule has 21 heavy (non-hydrogen) atoms. The van der Waals surface area contributed by atoms with Crippen molar-refractivity contribution in [2.24, 2.45) is 5.73 Å². The van der Waals surface area contributed by atoms with E-state index < -0.39 is 0 Å². The van der Waals surface area contributed by atoms with Gasteiger partial charge in [0, 0.05) is 10.1 Å². The second-order valence-electron chi connectivity index (χ2n) is 4.59. The van der Waals surface area contributed by atoms with Crippen molar-refractivity contribution in [1.82, 2.24) is 10.1 Å². The molecule has 2 rings (SSSR count). The smallest absolute Gasteiger partial charge is 0.240 e. The molecular weight excluding hydrogens is 290 g/mol. The summed E-state index contributed by atoms with van der Waals surface area (Å²) >= 11 is 1.73. The third kappa shape index (κ3) is 3.48. The van der Waals surface area contributed by atoms with Gasteiger partial charge < -0.3 is 19.7 Å². The molecule has 0 aliphatic carbocycles. The van der Waals surface area contributed by atoms with Crippen molar-refractivity contribution in [3.05, 3.63) is 18.0 Å². The van der Waals surface area contributed by atoms with Gasteiger partial charge >= 0.3 is 0 Å². The van der Waals surface area contributed by atoms with Crippen molar-refractivity contribution in [2.45, 2.75) is 30.5 Å². The third-order valence-electron chi connectivity index (χ3n) is 2.72. The van der Waals surface area contributed by atoms with Crippen LogP contribution in [0.1, 0.15) is 19.7 Å². The maximum atomic E-state index is 5.50. The zero-order chi connectivity index (χ0) is 15.4. The van der Waals surface area contributed by atoms with Crippen LogP contribution in [-0.4, -0.2) is 29.6 Å². The van der Waals surface area contributed by atoms with E-state index >= 15 is 0 Å². The van der Waals surface area contributed by atoms with Gasteiger partial charge in [0.15, 0.2) is 0 Å². The number of ether oxygens (including phenoxy) is 2. The van der Waals surface area contributed by atoms with Crippen LogP contribution >= 0.6 is 11.8 Å². The van der Waals surface area contributed by atoms with E-state index in [1.807, 2.05) is 12.1 Å². The molecule has 0 fully saturated rings. The summed E-state index contributed by atoms with van der Waals surface area (Å²) in [5.74, 6) is 2.06. The fourth-order valence-electron chi connectivity index (χ4n) is 1.89. The Morgan fingerprint density at radius 3 is 2.29 bits per heavy atom. The Labute approximate surface area is 128 Å². The Hall–Kier alpha value is -1.73. The minimum absolute atomic E-state index is 0.193. The van der Waals surface area contributed by atoms with Crippen molar-refractivity contribution in [3.63, 3.8) is 0 Å². The molecule has 1 aromatic carbocycles. The molecule has 6 nitrogen and oxygen atoms in total.